The van der Waals surface area contributed by atoms with Crippen LogP contribution in [0.15, 0.2) is 65.5 Å². The summed E-state index contributed by atoms with van der Waals surface area (Å²) >= 11 is 0. The molecule has 0 spiro atoms. The van der Waals surface area contributed by atoms with Crippen LogP contribution >= 0.6 is 0 Å². The zero-order valence-electron chi connectivity index (χ0n) is 15.0. The molecule has 134 valence electrons. The van der Waals surface area contributed by atoms with E-state index in [0.29, 0.717) is 18.9 Å². The second kappa shape index (κ2) is 8.34. The number of ether oxygens (including phenoxy) is 2. The van der Waals surface area contributed by atoms with Gasteiger partial charge in [-0.15, -0.1) is 0 Å². The second-order valence-electron chi connectivity index (χ2n) is 5.94. The Kier molecular flexibility index (Phi) is 5.69. The van der Waals surface area contributed by atoms with Crippen LogP contribution < -0.4 is 15.0 Å². The van der Waals surface area contributed by atoms with Crippen LogP contribution in [-0.4, -0.2) is 16.9 Å². The number of aryl methyl sites for hydroxylation is 1. The van der Waals surface area contributed by atoms with Gasteiger partial charge < -0.3 is 9.47 Å². The maximum absolute atomic E-state index is 12.7. The number of hydrogen-bond donors (Lipinski definition) is 0. The molecule has 1 heterocycles. The molecule has 0 atom stereocenters. The van der Waals surface area contributed by atoms with Crippen molar-refractivity contribution in [1.82, 2.24) is 9.78 Å². The minimum absolute atomic E-state index is 0.228. The normalized spacial score (nSPS) is 10.5. The maximum Gasteiger partial charge on any atom is 0.309 e. The Hall–Kier alpha value is -3.08. The van der Waals surface area contributed by atoms with Gasteiger partial charge in [0.25, 0.3) is 0 Å². The molecule has 0 bridgehead atoms. The van der Waals surface area contributed by atoms with Crippen molar-refractivity contribution in [2.75, 3.05) is 7.11 Å². The van der Waals surface area contributed by atoms with Crippen LogP contribution in [0, 0.1) is 0 Å². The molecule has 0 unspecified atom stereocenters. The van der Waals surface area contributed by atoms with Gasteiger partial charge in [0, 0.05) is 6.07 Å². The molecule has 0 N–H and O–H groups in total. The van der Waals surface area contributed by atoms with E-state index < -0.39 is 0 Å². The van der Waals surface area contributed by atoms with Crippen molar-refractivity contribution in [2.45, 2.75) is 26.5 Å². The average Bonchev–Trinajstić information content (AvgIpc) is 2.70. The molecule has 3 aromatic rings. The molecule has 0 aliphatic carbocycles. The zero-order chi connectivity index (χ0) is 18.4. The van der Waals surface area contributed by atoms with E-state index in [1.165, 1.54) is 4.68 Å². The average molecular weight is 350 g/mol. The van der Waals surface area contributed by atoms with Gasteiger partial charge in [-0.25, -0.2) is 4.68 Å². The zero-order valence-corrected chi connectivity index (χ0v) is 15.0. The molecule has 3 rings (SSSR count). The number of aromatic nitrogens is 2. The molecule has 0 saturated carbocycles. The molecule has 0 radical (unpaired) electrons. The van der Waals surface area contributed by atoms with Gasteiger partial charge in [0.2, 0.25) is 0 Å². The first-order chi connectivity index (χ1) is 12.7. The number of rotatable bonds is 7. The molecule has 2 aromatic carbocycles. The Morgan fingerprint density at radius 1 is 1.00 bits per heavy atom. The molecular formula is C21H22N2O3. The summed E-state index contributed by atoms with van der Waals surface area (Å²) in [5.74, 6) is 1.11. The van der Waals surface area contributed by atoms with Crippen LogP contribution in [0.4, 0.5) is 0 Å². The molecule has 1 aromatic heterocycles. The summed E-state index contributed by atoms with van der Waals surface area (Å²) in [6, 6.07) is 19.1. The van der Waals surface area contributed by atoms with Crippen LogP contribution in [0.1, 0.15) is 23.7 Å². The van der Waals surface area contributed by atoms with Crippen LogP contribution in [0.3, 0.4) is 0 Å². The van der Waals surface area contributed by atoms with E-state index in [9.17, 15) is 4.79 Å². The Morgan fingerprint density at radius 2 is 1.73 bits per heavy atom. The first-order valence-corrected chi connectivity index (χ1v) is 8.60. The van der Waals surface area contributed by atoms with Gasteiger partial charge in [-0.05, 0) is 29.7 Å². The van der Waals surface area contributed by atoms with Crippen molar-refractivity contribution in [3.05, 3.63) is 87.8 Å². The predicted octanol–water partition coefficient (Wildman–Crippen LogP) is 3.44. The lowest BCUT2D eigenvalue weighted by atomic mass is 10.2. The molecule has 0 amide bonds. The van der Waals surface area contributed by atoms with E-state index in [4.69, 9.17) is 9.47 Å². The summed E-state index contributed by atoms with van der Waals surface area (Å²) < 4.78 is 12.4. The highest BCUT2D eigenvalue weighted by molar-refractivity contribution is 5.28. The van der Waals surface area contributed by atoms with E-state index in [1.807, 2.05) is 61.5 Å². The third-order valence-electron chi connectivity index (χ3n) is 4.08. The highest BCUT2D eigenvalue weighted by Gasteiger charge is 2.10. The second-order valence-corrected chi connectivity index (χ2v) is 5.94. The molecule has 5 heteroatoms. The topological polar surface area (TPSA) is 53.4 Å². The van der Waals surface area contributed by atoms with Gasteiger partial charge in [0.05, 0.1) is 19.3 Å². The Bertz CT molecular complexity index is 903. The fourth-order valence-electron chi connectivity index (χ4n) is 2.59. The van der Waals surface area contributed by atoms with Gasteiger partial charge in [0.1, 0.15) is 12.4 Å². The first-order valence-electron chi connectivity index (χ1n) is 8.60. The van der Waals surface area contributed by atoms with Crippen LogP contribution in [0.2, 0.25) is 0 Å². The number of hydrogen-bond acceptors (Lipinski definition) is 4. The fourth-order valence-corrected chi connectivity index (χ4v) is 2.59. The minimum atomic E-state index is -0.228. The predicted molar refractivity (Wildman–Crippen MR) is 101 cm³/mol. The van der Waals surface area contributed by atoms with Crippen molar-refractivity contribution in [2.24, 2.45) is 0 Å². The van der Waals surface area contributed by atoms with Crippen LogP contribution in [-0.2, 0) is 19.6 Å². The molecule has 5 nitrogen and oxygen atoms in total. The first kappa shape index (κ1) is 17.7. The van der Waals surface area contributed by atoms with Crippen LogP contribution in [0.5, 0.6) is 11.5 Å². The largest absolute Gasteiger partial charge is 0.497 e. The van der Waals surface area contributed by atoms with Gasteiger partial charge in [-0.1, -0.05) is 49.4 Å². The van der Waals surface area contributed by atoms with Gasteiger partial charge in [-0.2, -0.15) is 5.10 Å². The highest BCUT2D eigenvalue weighted by atomic mass is 16.5. The molecule has 0 aliphatic heterocycles. The van der Waals surface area contributed by atoms with Crippen molar-refractivity contribution in [3.63, 3.8) is 0 Å². The summed E-state index contributed by atoms with van der Waals surface area (Å²) in [5, 5.41) is 4.44. The van der Waals surface area contributed by atoms with E-state index >= 15 is 0 Å². The highest BCUT2D eigenvalue weighted by Crippen LogP contribution is 2.13. The molecular weight excluding hydrogens is 328 g/mol. The number of methoxy groups -OCH3 is 1. The molecule has 26 heavy (non-hydrogen) atoms. The van der Waals surface area contributed by atoms with E-state index in [1.54, 1.807) is 13.2 Å². The lowest BCUT2D eigenvalue weighted by Crippen LogP contribution is -2.26. The van der Waals surface area contributed by atoms with Crippen molar-refractivity contribution in [1.29, 1.82) is 0 Å². The van der Waals surface area contributed by atoms with Crippen molar-refractivity contribution >= 4 is 0 Å². The van der Waals surface area contributed by atoms with Gasteiger partial charge >= 0.3 is 5.56 Å². The fraction of sp³-hybridized carbons (Fsp3) is 0.238. The number of benzene rings is 2. The smallest absolute Gasteiger partial charge is 0.309 e. The minimum Gasteiger partial charge on any atom is -0.497 e. The SMILES string of the molecule is CCc1cc(OCc2ccccc2)c(=O)n(Cc2ccc(OC)cc2)n1. The molecule has 0 saturated heterocycles. The van der Waals surface area contributed by atoms with Gasteiger partial charge in [-0.3, -0.25) is 4.79 Å². The summed E-state index contributed by atoms with van der Waals surface area (Å²) in [5.41, 5.74) is 2.58. The third kappa shape index (κ3) is 4.30. The molecule has 0 fully saturated rings. The summed E-state index contributed by atoms with van der Waals surface area (Å²) in [6.45, 7) is 2.75. The third-order valence-corrected chi connectivity index (χ3v) is 4.08. The summed E-state index contributed by atoms with van der Waals surface area (Å²) in [7, 11) is 1.63. The summed E-state index contributed by atoms with van der Waals surface area (Å²) in [4.78, 5) is 12.7. The summed E-state index contributed by atoms with van der Waals surface area (Å²) in [6.07, 6.45) is 0.727. The van der Waals surface area contributed by atoms with E-state index in [-0.39, 0.29) is 5.56 Å². The van der Waals surface area contributed by atoms with E-state index in [0.717, 1.165) is 29.0 Å². The Balaban J connectivity index is 1.83. The lowest BCUT2D eigenvalue weighted by molar-refractivity contribution is 0.296. The van der Waals surface area contributed by atoms with Crippen LogP contribution in [0.25, 0.3) is 0 Å². The van der Waals surface area contributed by atoms with E-state index in [2.05, 4.69) is 5.10 Å². The Morgan fingerprint density at radius 3 is 2.38 bits per heavy atom. The van der Waals surface area contributed by atoms with Crippen molar-refractivity contribution < 1.29 is 9.47 Å². The molecule has 0 aliphatic rings. The van der Waals surface area contributed by atoms with Gasteiger partial charge in [0.15, 0.2) is 5.75 Å². The van der Waals surface area contributed by atoms with Crippen molar-refractivity contribution in [3.8, 4) is 11.5 Å². The number of nitrogens with zero attached hydrogens (tertiary/aromatic N) is 2. The lowest BCUT2D eigenvalue weighted by Gasteiger charge is -2.11. The quantitative estimate of drug-likeness (QED) is 0.655. The maximum atomic E-state index is 12.7. The monoisotopic (exact) mass is 350 g/mol. The standard InChI is InChI=1S/C21H22N2O3/c1-3-18-13-20(26-15-17-7-5-4-6-8-17)21(24)23(22-18)14-16-9-11-19(25-2)12-10-16/h4-13H,3,14-15H2,1-2H3. The Labute approximate surface area is 152 Å².